The van der Waals surface area contributed by atoms with E-state index in [1.165, 1.54) is 12.1 Å². The first-order valence-corrected chi connectivity index (χ1v) is 5.96. The van der Waals surface area contributed by atoms with E-state index in [1.807, 2.05) is 9.80 Å². The Hall–Kier alpha value is -2.02. The summed E-state index contributed by atoms with van der Waals surface area (Å²) in [6.45, 7) is 2.94. The van der Waals surface area contributed by atoms with E-state index in [2.05, 4.69) is 0 Å². The van der Waals surface area contributed by atoms with Gasteiger partial charge in [-0.15, -0.1) is 0 Å². The number of hydrogen-bond donors (Lipinski definition) is 0. The number of anilines is 1. The van der Waals surface area contributed by atoms with Crippen LogP contribution in [0.1, 0.15) is 0 Å². The van der Waals surface area contributed by atoms with Gasteiger partial charge in [-0.1, -0.05) is 0 Å². The molecule has 0 spiro atoms. The first-order valence-electron chi connectivity index (χ1n) is 5.96. The van der Waals surface area contributed by atoms with E-state index in [-0.39, 0.29) is 5.69 Å². The second kappa shape index (κ2) is 5.75. The Morgan fingerprint density at radius 3 is 2.53 bits per heavy atom. The fourth-order valence-corrected chi connectivity index (χ4v) is 2.14. The number of aldehydes is 1. The van der Waals surface area contributed by atoms with Gasteiger partial charge in [-0.25, -0.2) is 4.39 Å². The lowest BCUT2D eigenvalue weighted by molar-refractivity contribution is -0.385. The summed E-state index contributed by atoms with van der Waals surface area (Å²) in [6, 6.07) is 3.67. The van der Waals surface area contributed by atoms with Gasteiger partial charge in [0.1, 0.15) is 6.29 Å². The molecule has 1 heterocycles. The first kappa shape index (κ1) is 13.4. The molecular formula is C12H14FN3O3. The maximum atomic E-state index is 13.8. The van der Waals surface area contributed by atoms with E-state index in [0.717, 1.165) is 12.4 Å². The fraction of sp³-hybridized carbons (Fsp3) is 0.417. The summed E-state index contributed by atoms with van der Waals surface area (Å²) < 4.78 is 13.8. The second-order valence-corrected chi connectivity index (χ2v) is 4.35. The molecule has 1 aliphatic heterocycles. The van der Waals surface area contributed by atoms with Crippen LogP contribution in [0.4, 0.5) is 15.8 Å². The quantitative estimate of drug-likeness (QED) is 0.463. The summed E-state index contributed by atoms with van der Waals surface area (Å²) in [7, 11) is 0. The van der Waals surface area contributed by atoms with Crippen LogP contribution in [0.25, 0.3) is 0 Å². The van der Waals surface area contributed by atoms with Crippen LogP contribution in [-0.4, -0.2) is 48.8 Å². The van der Waals surface area contributed by atoms with Crippen molar-refractivity contribution in [2.24, 2.45) is 0 Å². The van der Waals surface area contributed by atoms with Gasteiger partial charge in [0.2, 0.25) is 0 Å². The Morgan fingerprint density at radius 1 is 1.32 bits per heavy atom. The number of piperazine rings is 1. The summed E-state index contributed by atoms with van der Waals surface area (Å²) in [6.07, 6.45) is 0.849. The number of non-ortho nitro benzene ring substituents is 1. The summed E-state index contributed by atoms with van der Waals surface area (Å²) >= 11 is 0. The molecule has 102 valence electrons. The van der Waals surface area contributed by atoms with Crippen LogP contribution >= 0.6 is 0 Å². The van der Waals surface area contributed by atoms with Crippen molar-refractivity contribution < 1.29 is 14.1 Å². The molecule has 0 N–H and O–H groups in total. The zero-order chi connectivity index (χ0) is 13.8. The molecule has 0 aliphatic carbocycles. The Bertz CT molecular complexity index is 487. The summed E-state index contributed by atoms with van der Waals surface area (Å²) in [4.78, 5) is 24.1. The third-order valence-corrected chi connectivity index (χ3v) is 3.19. The topological polar surface area (TPSA) is 66.7 Å². The maximum Gasteiger partial charge on any atom is 0.272 e. The van der Waals surface area contributed by atoms with Gasteiger partial charge in [0, 0.05) is 32.2 Å². The number of halogens is 1. The summed E-state index contributed by atoms with van der Waals surface area (Å²) in [5.74, 6) is -0.585. The van der Waals surface area contributed by atoms with Gasteiger partial charge in [-0.3, -0.25) is 15.0 Å². The van der Waals surface area contributed by atoms with Gasteiger partial charge in [-0.05, 0) is 6.07 Å². The normalized spacial score (nSPS) is 16.4. The number of nitro groups is 1. The number of nitro benzene ring substituents is 1. The molecule has 0 atom stereocenters. The minimum absolute atomic E-state index is 0.249. The van der Waals surface area contributed by atoms with Crippen molar-refractivity contribution in [2.75, 3.05) is 37.6 Å². The average molecular weight is 267 g/mol. The maximum absolute atomic E-state index is 13.8. The number of carbonyl (C=O) groups excluding carboxylic acids is 1. The van der Waals surface area contributed by atoms with Crippen LogP contribution in [0, 0.1) is 15.9 Å². The highest BCUT2D eigenvalue weighted by Crippen LogP contribution is 2.24. The highest BCUT2D eigenvalue weighted by molar-refractivity contribution is 5.54. The molecule has 1 aromatic rings. The van der Waals surface area contributed by atoms with Crippen molar-refractivity contribution in [1.82, 2.24) is 4.90 Å². The number of hydrogen-bond acceptors (Lipinski definition) is 5. The van der Waals surface area contributed by atoms with Crippen molar-refractivity contribution in [1.29, 1.82) is 0 Å². The van der Waals surface area contributed by atoms with Crippen molar-refractivity contribution in [3.8, 4) is 0 Å². The first-order chi connectivity index (χ1) is 9.11. The van der Waals surface area contributed by atoms with E-state index in [1.54, 1.807) is 0 Å². The molecule has 0 radical (unpaired) electrons. The number of benzene rings is 1. The van der Waals surface area contributed by atoms with Crippen molar-refractivity contribution >= 4 is 17.7 Å². The lowest BCUT2D eigenvalue weighted by Gasteiger charge is -2.35. The minimum atomic E-state index is -0.616. The molecule has 0 unspecified atom stereocenters. The van der Waals surface area contributed by atoms with Crippen molar-refractivity contribution in [2.45, 2.75) is 0 Å². The molecule has 0 saturated carbocycles. The fourth-order valence-electron chi connectivity index (χ4n) is 2.14. The molecule has 19 heavy (non-hydrogen) atoms. The zero-order valence-corrected chi connectivity index (χ0v) is 10.3. The molecular weight excluding hydrogens is 253 g/mol. The van der Waals surface area contributed by atoms with Crippen LogP contribution in [-0.2, 0) is 4.79 Å². The van der Waals surface area contributed by atoms with Crippen LogP contribution in [0.3, 0.4) is 0 Å². The highest BCUT2D eigenvalue weighted by atomic mass is 19.1. The van der Waals surface area contributed by atoms with Crippen molar-refractivity contribution in [3.63, 3.8) is 0 Å². The molecule has 1 aromatic carbocycles. The predicted molar refractivity (Wildman–Crippen MR) is 67.8 cm³/mol. The third-order valence-electron chi connectivity index (χ3n) is 3.19. The predicted octanol–water partition coefficient (Wildman–Crippen LogP) is 1.05. The van der Waals surface area contributed by atoms with Gasteiger partial charge < -0.3 is 9.69 Å². The van der Waals surface area contributed by atoms with Crippen LogP contribution in [0.5, 0.6) is 0 Å². The van der Waals surface area contributed by atoms with Crippen LogP contribution in [0.2, 0.25) is 0 Å². The van der Waals surface area contributed by atoms with E-state index in [9.17, 15) is 19.3 Å². The molecule has 1 saturated heterocycles. The molecule has 7 heteroatoms. The lowest BCUT2D eigenvalue weighted by Crippen LogP contribution is -2.47. The number of rotatable bonds is 4. The molecule has 0 aromatic heterocycles. The third kappa shape index (κ3) is 3.05. The van der Waals surface area contributed by atoms with E-state index in [0.29, 0.717) is 38.4 Å². The molecule has 2 rings (SSSR count). The van der Waals surface area contributed by atoms with Gasteiger partial charge in [0.15, 0.2) is 5.82 Å². The van der Waals surface area contributed by atoms with Crippen LogP contribution < -0.4 is 4.90 Å². The van der Waals surface area contributed by atoms with Crippen molar-refractivity contribution in [3.05, 3.63) is 34.1 Å². The van der Waals surface area contributed by atoms with Gasteiger partial charge in [0.25, 0.3) is 5.69 Å². The monoisotopic (exact) mass is 267 g/mol. The molecule has 1 fully saturated rings. The zero-order valence-electron chi connectivity index (χ0n) is 10.3. The van der Waals surface area contributed by atoms with Crippen LogP contribution in [0.15, 0.2) is 18.2 Å². The standard InChI is InChI=1S/C12H14FN3O3/c13-11-9-10(16(18)19)1-2-12(11)15-5-3-14(4-6-15)7-8-17/h1-2,8-9H,3-7H2. The van der Waals surface area contributed by atoms with E-state index >= 15 is 0 Å². The Kier molecular flexibility index (Phi) is 4.06. The molecule has 1 aliphatic rings. The largest absolute Gasteiger partial charge is 0.367 e. The number of nitrogens with zero attached hydrogens (tertiary/aromatic N) is 3. The van der Waals surface area contributed by atoms with E-state index < -0.39 is 10.7 Å². The smallest absolute Gasteiger partial charge is 0.272 e. The Balaban J connectivity index is 2.07. The van der Waals surface area contributed by atoms with Gasteiger partial charge >= 0.3 is 0 Å². The van der Waals surface area contributed by atoms with E-state index in [4.69, 9.17) is 0 Å². The highest BCUT2D eigenvalue weighted by Gasteiger charge is 2.20. The minimum Gasteiger partial charge on any atom is -0.367 e. The van der Waals surface area contributed by atoms with Gasteiger partial charge in [0.05, 0.1) is 23.2 Å². The lowest BCUT2D eigenvalue weighted by atomic mass is 10.2. The second-order valence-electron chi connectivity index (χ2n) is 4.35. The summed E-state index contributed by atoms with van der Waals surface area (Å²) in [5.41, 5.74) is 0.122. The average Bonchev–Trinajstić information content (AvgIpc) is 2.40. The SMILES string of the molecule is O=CCN1CCN(c2ccc([N+](=O)[O-])cc2F)CC1. The number of carbonyl (C=O) groups is 1. The Labute approximate surface area is 109 Å². The summed E-state index contributed by atoms with van der Waals surface area (Å²) in [5, 5.41) is 10.5. The molecule has 6 nitrogen and oxygen atoms in total. The molecule has 0 bridgehead atoms. The molecule has 0 amide bonds. The van der Waals surface area contributed by atoms with Gasteiger partial charge in [-0.2, -0.15) is 0 Å². The Morgan fingerprint density at radius 2 is 2.00 bits per heavy atom.